The zero-order chi connectivity index (χ0) is 15.9. The summed E-state index contributed by atoms with van der Waals surface area (Å²) in [5.41, 5.74) is 2.56. The fraction of sp³-hybridized carbons (Fsp3) is 0.294. The van der Waals surface area contributed by atoms with E-state index in [-0.39, 0.29) is 11.3 Å². The van der Waals surface area contributed by atoms with Gasteiger partial charge in [0.05, 0.1) is 0 Å². The summed E-state index contributed by atoms with van der Waals surface area (Å²) >= 11 is 1.57. The second kappa shape index (κ2) is 5.25. The maximum Gasteiger partial charge on any atom is 0.275 e. The van der Waals surface area contributed by atoms with Crippen LogP contribution in [0.15, 0.2) is 36.7 Å². The van der Waals surface area contributed by atoms with E-state index in [4.69, 9.17) is 0 Å². The van der Waals surface area contributed by atoms with Crippen LogP contribution in [0.2, 0.25) is 0 Å². The van der Waals surface area contributed by atoms with Crippen molar-refractivity contribution in [3.8, 4) is 0 Å². The predicted octanol–water partition coefficient (Wildman–Crippen LogP) is 4.25. The number of aryl methyl sites for hydroxylation is 1. The summed E-state index contributed by atoms with van der Waals surface area (Å²) in [7, 11) is 0. The molecule has 0 aliphatic heterocycles. The Kier molecular flexibility index (Phi) is 3.53. The lowest BCUT2D eigenvalue weighted by molar-refractivity contribution is 0.102. The van der Waals surface area contributed by atoms with Crippen molar-refractivity contribution in [1.29, 1.82) is 0 Å². The maximum atomic E-state index is 12.3. The lowest BCUT2D eigenvalue weighted by Crippen LogP contribution is -2.14. The molecule has 1 N–H and O–H groups in total. The lowest BCUT2D eigenvalue weighted by atomic mass is 9.87. The molecule has 3 aromatic rings. The van der Waals surface area contributed by atoms with Gasteiger partial charge in [0.25, 0.3) is 5.91 Å². The molecule has 3 rings (SSSR count). The Morgan fingerprint density at radius 2 is 1.86 bits per heavy atom. The van der Waals surface area contributed by atoms with Gasteiger partial charge in [0.2, 0.25) is 0 Å². The van der Waals surface area contributed by atoms with Crippen LogP contribution in [-0.4, -0.2) is 15.3 Å². The Balaban J connectivity index is 1.77. The molecule has 0 saturated heterocycles. The third kappa shape index (κ3) is 2.90. The highest BCUT2D eigenvalue weighted by Gasteiger charge is 2.15. The number of anilines is 1. The SMILES string of the molecule is Cc1cn2cc(C(=O)Nc3ccc(C(C)(C)C)cc3)nc2s1. The molecule has 0 atom stereocenters. The van der Waals surface area contributed by atoms with E-state index in [2.05, 4.69) is 31.1 Å². The van der Waals surface area contributed by atoms with Crippen LogP contribution in [0.5, 0.6) is 0 Å². The summed E-state index contributed by atoms with van der Waals surface area (Å²) in [6.07, 6.45) is 3.74. The number of imidazole rings is 1. The molecule has 2 heterocycles. The average Bonchev–Trinajstić information content (AvgIpc) is 2.95. The quantitative estimate of drug-likeness (QED) is 0.768. The van der Waals surface area contributed by atoms with Gasteiger partial charge in [0.15, 0.2) is 4.96 Å². The molecule has 0 saturated carbocycles. The Hall–Kier alpha value is -2.14. The van der Waals surface area contributed by atoms with Crippen molar-refractivity contribution in [2.24, 2.45) is 0 Å². The van der Waals surface area contributed by atoms with Gasteiger partial charge in [-0.25, -0.2) is 4.98 Å². The minimum Gasteiger partial charge on any atom is -0.321 e. The van der Waals surface area contributed by atoms with E-state index in [0.717, 1.165) is 10.6 Å². The van der Waals surface area contributed by atoms with Crippen LogP contribution in [0.4, 0.5) is 5.69 Å². The van der Waals surface area contributed by atoms with Crippen LogP contribution in [0.3, 0.4) is 0 Å². The van der Waals surface area contributed by atoms with Crippen molar-refractivity contribution in [2.45, 2.75) is 33.1 Å². The van der Waals surface area contributed by atoms with E-state index < -0.39 is 0 Å². The van der Waals surface area contributed by atoms with Gasteiger partial charge in [-0.3, -0.25) is 9.20 Å². The zero-order valence-electron chi connectivity index (χ0n) is 13.2. The molecule has 1 aromatic carbocycles. The summed E-state index contributed by atoms with van der Waals surface area (Å²) in [6, 6.07) is 7.96. The minimum atomic E-state index is -0.183. The highest BCUT2D eigenvalue weighted by Crippen LogP contribution is 2.24. The first kappa shape index (κ1) is 14.8. The third-order valence-electron chi connectivity index (χ3n) is 3.51. The number of thiazole rings is 1. The molecule has 5 heteroatoms. The summed E-state index contributed by atoms with van der Waals surface area (Å²) < 4.78 is 1.89. The number of amides is 1. The van der Waals surface area contributed by atoms with Crippen LogP contribution in [-0.2, 0) is 5.41 Å². The van der Waals surface area contributed by atoms with Gasteiger partial charge in [-0.1, -0.05) is 32.9 Å². The van der Waals surface area contributed by atoms with E-state index in [1.54, 1.807) is 17.5 Å². The topological polar surface area (TPSA) is 46.4 Å². The van der Waals surface area contributed by atoms with Crippen LogP contribution in [0.25, 0.3) is 4.96 Å². The highest BCUT2D eigenvalue weighted by atomic mass is 32.1. The zero-order valence-corrected chi connectivity index (χ0v) is 14.0. The summed E-state index contributed by atoms with van der Waals surface area (Å²) in [6.45, 7) is 8.52. The summed E-state index contributed by atoms with van der Waals surface area (Å²) in [5, 5.41) is 2.89. The van der Waals surface area contributed by atoms with Crippen molar-refractivity contribution in [3.05, 3.63) is 52.8 Å². The number of fused-ring (bicyclic) bond motifs is 1. The van der Waals surface area contributed by atoms with E-state index >= 15 is 0 Å². The van der Waals surface area contributed by atoms with E-state index in [0.29, 0.717) is 5.69 Å². The molecule has 114 valence electrons. The molecule has 0 fully saturated rings. The maximum absolute atomic E-state index is 12.3. The molecule has 0 spiro atoms. The molecule has 1 amide bonds. The van der Waals surface area contributed by atoms with Crippen molar-refractivity contribution >= 4 is 27.9 Å². The Bertz CT molecular complexity index is 790. The number of nitrogens with zero attached hydrogens (tertiary/aromatic N) is 2. The van der Waals surface area contributed by atoms with Crippen molar-refractivity contribution < 1.29 is 4.79 Å². The molecule has 0 radical (unpaired) electrons. The molecular weight excluding hydrogens is 294 g/mol. The largest absolute Gasteiger partial charge is 0.321 e. The first-order valence-electron chi connectivity index (χ1n) is 7.20. The predicted molar refractivity (Wildman–Crippen MR) is 90.9 cm³/mol. The number of carbonyl (C=O) groups is 1. The highest BCUT2D eigenvalue weighted by molar-refractivity contribution is 7.17. The number of carbonyl (C=O) groups excluding carboxylic acids is 1. The van der Waals surface area contributed by atoms with Gasteiger partial charge in [0.1, 0.15) is 5.69 Å². The van der Waals surface area contributed by atoms with Crippen LogP contribution < -0.4 is 5.32 Å². The normalized spacial score (nSPS) is 11.8. The van der Waals surface area contributed by atoms with Gasteiger partial charge in [-0.05, 0) is 30.0 Å². The van der Waals surface area contributed by atoms with Crippen LogP contribution >= 0.6 is 11.3 Å². The molecule has 0 aliphatic rings. The Morgan fingerprint density at radius 1 is 1.18 bits per heavy atom. The standard InChI is InChI=1S/C17H19N3OS/c1-11-9-20-10-14(19-16(20)22-11)15(21)18-13-7-5-12(6-8-13)17(2,3)4/h5-10H,1-4H3,(H,18,21). The van der Waals surface area contributed by atoms with Gasteiger partial charge in [0, 0.05) is 23.0 Å². The fourth-order valence-electron chi connectivity index (χ4n) is 2.27. The molecule has 0 bridgehead atoms. The van der Waals surface area contributed by atoms with E-state index in [9.17, 15) is 4.79 Å². The molecule has 22 heavy (non-hydrogen) atoms. The number of hydrogen-bond acceptors (Lipinski definition) is 3. The van der Waals surface area contributed by atoms with Gasteiger partial charge in [-0.15, -0.1) is 11.3 Å². The second-order valence-electron chi connectivity index (χ2n) is 6.44. The Morgan fingerprint density at radius 3 is 2.45 bits per heavy atom. The first-order valence-corrected chi connectivity index (χ1v) is 8.01. The molecule has 4 nitrogen and oxygen atoms in total. The van der Waals surface area contributed by atoms with E-state index in [1.807, 2.05) is 41.8 Å². The Labute approximate surface area is 133 Å². The average molecular weight is 313 g/mol. The number of benzene rings is 1. The van der Waals surface area contributed by atoms with E-state index in [1.165, 1.54) is 10.4 Å². The summed E-state index contributed by atoms with van der Waals surface area (Å²) in [5.74, 6) is -0.183. The monoisotopic (exact) mass is 313 g/mol. The first-order chi connectivity index (χ1) is 10.3. The van der Waals surface area contributed by atoms with Crippen LogP contribution in [0.1, 0.15) is 41.7 Å². The summed E-state index contributed by atoms with van der Waals surface area (Å²) in [4.78, 5) is 18.6. The fourth-order valence-corrected chi connectivity index (χ4v) is 3.08. The van der Waals surface area contributed by atoms with Crippen LogP contribution in [0, 0.1) is 6.92 Å². The van der Waals surface area contributed by atoms with Crippen molar-refractivity contribution in [1.82, 2.24) is 9.38 Å². The second-order valence-corrected chi connectivity index (χ2v) is 7.65. The number of aromatic nitrogens is 2. The molecule has 2 aromatic heterocycles. The molecule has 0 aliphatic carbocycles. The van der Waals surface area contributed by atoms with Gasteiger partial charge in [-0.2, -0.15) is 0 Å². The smallest absolute Gasteiger partial charge is 0.275 e. The van der Waals surface area contributed by atoms with Crippen molar-refractivity contribution in [3.63, 3.8) is 0 Å². The number of hydrogen-bond donors (Lipinski definition) is 1. The van der Waals surface area contributed by atoms with Crippen molar-refractivity contribution in [2.75, 3.05) is 5.32 Å². The molecule has 0 unspecified atom stereocenters. The van der Waals surface area contributed by atoms with Gasteiger partial charge < -0.3 is 5.32 Å². The lowest BCUT2D eigenvalue weighted by Gasteiger charge is -2.19. The molecular formula is C17H19N3OS. The number of nitrogens with one attached hydrogen (secondary N) is 1. The third-order valence-corrected chi connectivity index (χ3v) is 4.43. The minimum absolute atomic E-state index is 0.106. The number of rotatable bonds is 2. The van der Waals surface area contributed by atoms with Gasteiger partial charge >= 0.3 is 0 Å².